The first kappa shape index (κ1) is 11.1. The first-order chi connectivity index (χ1) is 7.75. The van der Waals surface area contributed by atoms with Gasteiger partial charge in [-0.25, -0.2) is 4.79 Å². The average molecular weight is 220 g/mol. The van der Waals surface area contributed by atoms with Gasteiger partial charge in [-0.1, -0.05) is 0 Å². The van der Waals surface area contributed by atoms with Crippen LogP contribution < -0.4 is 5.32 Å². The molecule has 1 aliphatic heterocycles. The van der Waals surface area contributed by atoms with E-state index >= 15 is 0 Å². The fourth-order valence-corrected chi connectivity index (χ4v) is 1.80. The predicted octanol–water partition coefficient (Wildman–Crippen LogP) is 1.30. The number of piperidine rings is 1. The highest BCUT2D eigenvalue weighted by molar-refractivity contribution is 5.89. The van der Waals surface area contributed by atoms with Crippen molar-refractivity contribution in [3.8, 4) is 0 Å². The standard InChI is InChI=1S/C12H16N2O2/c1-9-6-10(8-14-7-9)12(15)16-11-2-4-13-5-3-11/h6-8,11,13H,2-5H2,1H3. The lowest BCUT2D eigenvalue weighted by Crippen LogP contribution is -2.33. The van der Waals surface area contributed by atoms with Crippen LogP contribution in [0, 0.1) is 6.92 Å². The minimum atomic E-state index is -0.261. The molecule has 1 aromatic rings. The summed E-state index contributed by atoms with van der Waals surface area (Å²) in [6.07, 6.45) is 5.11. The van der Waals surface area contributed by atoms with E-state index in [0.29, 0.717) is 5.56 Å². The molecule has 2 heterocycles. The van der Waals surface area contributed by atoms with Gasteiger partial charge in [0.1, 0.15) is 6.10 Å². The smallest absolute Gasteiger partial charge is 0.339 e. The molecule has 0 amide bonds. The highest BCUT2D eigenvalue weighted by Crippen LogP contribution is 2.11. The molecule has 1 saturated heterocycles. The molecule has 0 unspecified atom stereocenters. The Balaban J connectivity index is 1.97. The van der Waals surface area contributed by atoms with E-state index in [1.807, 2.05) is 6.92 Å². The van der Waals surface area contributed by atoms with Crippen molar-refractivity contribution in [1.82, 2.24) is 10.3 Å². The molecule has 0 saturated carbocycles. The van der Waals surface area contributed by atoms with Gasteiger partial charge in [0.25, 0.3) is 0 Å². The second-order valence-electron chi connectivity index (χ2n) is 4.11. The van der Waals surface area contributed by atoms with E-state index in [1.54, 1.807) is 18.5 Å². The fraction of sp³-hybridized carbons (Fsp3) is 0.500. The molecule has 1 aromatic heterocycles. The van der Waals surface area contributed by atoms with E-state index in [1.165, 1.54) is 0 Å². The Morgan fingerprint density at radius 1 is 1.44 bits per heavy atom. The zero-order valence-corrected chi connectivity index (χ0v) is 9.40. The maximum atomic E-state index is 11.8. The zero-order valence-electron chi connectivity index (χ0n) is 9.40. The molecule has 86 valence electrons. The van der Waals surface area contributed by atoms with Crippen LogP contribution in [-0.2, 0) is 4.74 Å². The van der Waals surface area contributed by atoms with Crippen LogP contribution in [0.15, 0.2) is 18.5 Å². The molecular weight excluding hydrogens is 204 g/mol. The number of ether oxygens (including phenoxy) is 1. The molecule has 0 spiro atoms. The van der Waals surface area contributed by atoms with Crippen LogP contribution in [0.2, 0.25) is 0 Å². The number of aromatic nitrogens is 1. The third kappa shape index (κ3) is 2.79. The number of nitrogens with zero attached hydrogens (tertiary/aromatic N) is 1. The summed E-state index contributed by atoms with van der Waals surface area (Å²) in [5.74, 6) is -0.261. The normalized spacial score (nSPS) is 17.1. The van der Waals surface area contributed by atoms with Crippen LogP contribution in [0.25, 0.3) is 0 Å². The second-order valence-corrected chi connectivity index (χ2v) is 4.11. The van der Waals surface area contributed by atoms with E-state index in [2.05, 4.69) is 10.3 Å². The number of nitrogens with one attached hydrogen (secondary N) is 1. The fourth-order valence-electron chi connectivity index (χ4n) is 1.80. The predicted molar refractivity (Wildman–Crippen MR) is 60.3 cm³/mol. The van der Waals surface area contributed by atoms with E-state index < -0.39 is 0 Å². The molecule has 2 rings (SSSR count). The van der Waals surface area contributed by atoms with Gasteiger partial charge >= 0.3 is 5.97 Å². The molecule has 4 heteroatoms. The topological polar surface area (TPSA) is 51.2 Å². The van der Waals surface area contributed by atoms with Gasteiger partial charge in [0, 0.05) is 12.4 Å². The van der Waals surface area contributed by atoms with E-state index in [0.717, 1.165) is 31.5 Å². The van der Waals surface area contributed by atoms with Gasteiger partial charge in [-0.3, -0.25) is 4.98 Å². The maximum Gasteiger partial charge on any atom is 0.339 e. The molecule has 0 atom stereocenters. The van der Waals surface area contributed by atoms with Crippen molar-refractivity contribution >= 4 is 5.97 Å². The Kier molecular flexibility index (Phi) is 3.51. The van der Waals surface area contributed by atoms with Gasteiger partial charge in [0.15, 0.2) is 0 Å². The van der Waals surface area contributed by atoms with Gasteiger partial charge < -0.3 is 10.1 Å². The molecule has 1 fully saturated rings. The van der Waals surface area contributed by atoms with Gasteiger partial charge in [0.05, 0.1) is 5.56 Å². The SMILES string of the molecule is Cc1cncc(C(=O)OC2CCNCC2)c1. The van der Waals surface area contributed by atoms with E-state index in [9.17, 15) is 4.79 Å². The van der Waals surface area contributed by atoms with Crippen molar-refractivity contribution in [3.63, 3.8) is 0 Å². The summed E-state index contributed by atoms with van der Waals surface area (Å²) >= 11 is 0. The molecule has 0 aliphatic carbocycles. The largest absolute Gasteiger partial charge is 0.459 e. The Labute approximate surface area is 95.0 Å². The van der Waals surface area contributed by atoms with Crippen molar-refractivity contribution < 1.29 is 9.53 Å². The van der Waals surface area contributed by atoms with Crippen LogP contribution in [0.5, 0.6) is 0 Å². The summed E-state index contributed by atoms with van der Waals surface area (Å²) in [6.45, 7) is 3.75. The number of carbonyl (C=O) groups excluding carboxylic acids is 1. The Hall–Kier alpha value is -1.42. The molecule has 1 aliphatic rings. The number of hydrogen-bond donors (Lipinski definition) is 1. The highest BCUT2D eigenvalue weighted by atomic mass is 16.5. The Bertz CT molecular complexity index is 373. The Morgan fingerprint density at radius 2 is 2.19 bits per heavy atom. The number of hydrogen-bond acceptors (Lipinski definition) is 4. The monoisotopic (exact) mass is 220 g/mol. The number of aryl methyl sites for hydroxylation is 1. The van der Waals surface area contributed by atoms with Crippen LogP contribution in [0.1, 0.15) is 28.8 Å². The summed E-state index contributed by atoms with van der Waals surface area (Å²) in [4.78, 5) is 15.8. The number of pyridine rings is 1. The van der Waals surface area contributed by atoms with Crippen molar-refractivity contribution in [2.24, 2.45) is 0 Å². The summed E-state index contributed by atoms with van der Waals surface area (Å²) in [5.41, 5.74) is 1.51. The lowest BCUT2D eigenvalue weighted by Gasteiger charge is -2.22. The van der Waals surface area contributed by atoms with Crippen LogP contribution in [0.3, 0.4) is 0 Å². The minimum absolute atomic E-state index is 0.0502. The molecule has 16 heavy (non-hydrogen) atoms. The van der Waals surface area contributed by atoms with Crippen molar-refractivity contribution in [2.75, 3.05) is 13.1 Å². The highest BCUT2D eigenvalue weighted by Gasteiger charge is 2.18. The summed E-state index contributed by atoms with van der Waals surface area (Å²) in [5, 5.41) is 3.23. The second kappa shape index (κ2) is 5.07. The van der Waals surface area contributed by atoms with Crippen LogP contribution in [0.4, 0.5) is 0 Å². The number of esters is 1. The van der Waals surface area contributed by atoms with Gasteiger partial charge in [0.2, 0.25) is 0 Å². The van der Waals surface area contributed by atoms with Gasteiger partial charge in [-0.15, -0.1) is 0 Å². The Morgan fingerprint density at radius 3 is 2.88 bits per heavy atom. The third-order valence-corrected chi connectivity index (χ3v) is 2.67. The van der Waals surface area contributed by atoms with Crippen LogP contribution >= 0.6 is 0 Å². The first-order valence-corrected chi connectivity index (χ1v) is 5.59. The number of rotatable bonds is 2. The van der Waals surface area contributed by atoms with Crippen LogP contribution in [-0.4, -0.2) is 30.1 Å². The molecule has 4 nitrogen and oxygen atoms in total. The first-order valence-electron chi connectivity index (χ1n) is 5.59. The third-order valence-electron chi connectivity index (χ3n) is 2.67. The average Bonchev–Trinajstić information content (AvgIpc) is 2.30. The molecule has 0 aromatic carbocycles. The van der Waals surface area contributed by atoms with Crippen molar-refractivity contribution in [2.45, 2.75) is 25.9 Å². The molecule has 0 bridgehead atoms. The molecular formula is C12H16N2O2. The zero-order chi connectivity index (χ0) is 11.4. The van der Waals surface area contributed by atoms with Gasteiger partial charge in [-0.2, -0.15) is 0 Å². The lowest BCUT2D eigenvalue weighted by atomic mass is 10.1. The van der Waals surface area contributed by atoms with Crippen molar-refractivity contribution in [1.29, 1.82) is 0 Å². The van der Waals surface area contributed by atoms with Crippen molar-refractivity contribution in [3.05, 3.63) is 29.6 Å². The summed E-state index contributed by atoms with van der Waals surface area (Å²) in [7, 11) is 0. The molecule has 0 radical (unpaired) electrons. The maximum absolute atomic E-state index is 11.8. The quantitative estimate of drug-likeness (QED) is 0.763. The lowest BCUT2D eigenvalue weighted by molar-refractivity contribution is 0.0229. The minimum Gasteiger partial charge on any atom is -0.459 e. The summed E-state index contributed by atoms with van der Waals surface area (Å²) < 4.78 is 5.41. The van der Waals surface area contributed by atoms with E-state index in [4.69, 9.17) is 4.74 Å². The molecule has 1 N–H and O–H groups in total. The number of carbonyl (C=O) groups is 1. The van der Waals surface area contributed by atoms with E-state index in [-0.39, 0.29) is 12.1 Å². The van der Waals surface area contributed by atoms with Gasteiger partial charge in [-0.05, 0) is 44.5 Å². The summed E-state index contributed by atoms with van der Waals surface area (Å²) in [6, 6.07) is 1.80.